The van der Waals surface area contributed by atoms with E-state index in [1.807, 2.05) is 12.1 Å². The van der Waals surface area contributed by atoms with Gasteiger partial charge in [0.05, 0.1) is 0 Å². The van der Waals surface area contributed by atoms with Crippen LogP contribution in [0.3, 0.4) is 0 Å². The Morgan fingerprint density at radius 3 is 2.50 bits per heavy atom. The van der Waals surface area contributed by atoms with Gasteiger partial charge in [0.2, 0.25) is 0 Å². The SMILES string of the molecule is C[C@H](NC(=O)c1ccccc1)C(=O)OCC(=O)c1ccc2c(c1)CCC2. The van der Waals surface area contributed by atoms with Crippen molar-refractivity contribution < 1.29 is 19.1 Å². The maximum absolute atomic E-state index is 12.3. The van der Waals surface area contributed by atoms with E-state index in [9.17, 15) is 14.4 Å². The number of ether oxygens (including phenoxy) is 1. The number of hydrogen-bond acceptors (Lipinski definition) is 4. The second kappa shape index (κ2) is 7.95. The summed E-state index contributed by atoms with van der Waals surface area (Å²) in [5.41, 5.74) is 3.50. The van der Waals surface area contributed by atoms with Crippen molar-refractivity contribution in [2.24, 2.45) is 0 Å². The fourth-order valence-corrected chi connectivity index (χ4v) is 3.02. The normalized spacial score (nSPS) is 13.6. The summed E-state index contributed by atoms with van der Waals surface area (Å²) in [6, 6.07) is 13.4. The first-order valence-corrected chi connectivity index (χ1v) is 8.72. The Morgan fingerprint density at radius 1 is 1.00 bits per heavy atom. The summed E-state index contributed by atoms with van der Waals surface area (Å²) < 4.78 is 5.07. The predicted octanol–water partition coefficient (Wildman–Crippen LogP) is 2.72. The molecule has 1 aliphatic rings. The van der Waals surface area contributed by atoms with Gasteiger partial charge in [0.25, 0.3) is 5.91 Å². The Balaban J connectivity index is 1.51. The molecule has 2 aromatic rings. The number of rotatable bonds is 6. The molecule has 1 aliphatic carbocycles. The van der Waals surface area contributed by atoms with Crippen molar-refractivity contribution in [2.45, 2.75) is 32.2 Å². The topological polar surface area (TPSA) is 72.5 Å². The molecule has 1 atom stereocenters. The molecule has 0 heterocycles. The average Bonchev–Trinajstić information content (AvgIpc) is 3.14. The number of fused-ring (bicyclic) bond motifs is 1. The molecule has 0 bridgehead atoms. The maximum atomic E-state index is 12.3. The largest absolute Gasteiger partial charge is 0.456 e. The lowest BCUT2D eigenvalue weighted by molar-refractivity contribution is -0.144. The van der Waals surface area contributed by atoms with Crippen molar-refractivity contribution in [2.75, 3.05) is 6.61 Å². The van der Waals surface area contributed by atoms with E-state index in [0.29, 0.717) is 11.1 Å². The van der Waals surface area contributed by atoms with Crippen LogP contribution in [-0.4, -0.2) is 30.3 Å². The molecule has 5 heteroatoms. The summed E-state index contributed by atoms with van der Waals surface area (Å²) in [4.78, 5) is 36.3. The van der Waals surface area contributed by atoms with Gasteiger partial charge in [0.15, 0.2) is 12.4 Å². The number of carbonyl (C=O) groups excluding carboxylic acids is 3. The number of esters is 1. The molecule has 26 heavy (non-hydrogen) atoms. The predicted molar refractivity (Wildman–Crippen MR) is 97.1 cm³/mol. The van der Waals surface area contributed by atoms with Gasteiger partial charge in [-0.3, -0.25) is 9.59 Å². The van der Waals surface area contributed by atoms with Crippen molar-refractivity contribution in [3.05, 3.63) is 70.8 Å². The number of ketones is 1. The molecule has 0 fully saturated rings. The number of Topliss-reactive ketones (excluding diaryl/α,β-unsaturated/α-hetero) is 1. The number of amides is 1. The highest BCUT2D eigenvalue weighted by atomic mass is 16.5. The van der Waals surface area contributed by atoms with E-state index in [4.69, 9.17) is 4.74 Å². The highest BCUT2D eigenvalue weighted by Gasteiger charge is 2.20. The van der Waals surface area contributed by atoms with Gasteiger partial charge < -0.3 is 10.1 Å². The smallest absolute Gasteiger partial charge is 0.328 e. The third kappa shape index (κ3) is 4.17. The fraction of sp³-hybridized carbons (Fsp3) is 0.286. The monoisotopic (exact) mass is 351 g/mol. The van der Waals surface area contributed by atoms with Crippen LogP contribution >= 0.6 is 0 Å². The van der Waals surface area contributed by atoms with Crippen LogP contribution in [0.1, 0.15) is 45.2 Å². The first-order valence-electron chi connectivity index (χ1n) is 8.72. The van der Waals surface area contributed by atoms with Crippen LogP contribution in [0.2, 0.25) is 0 Å². The lowest BCUT2D eigenvalue weighted by Crippen LogP contribution is -2.40. The van der Waals surface area contributed by atoms with Crippen LogP contribution in [0.25, 0.3) is 0 Å². The van der Waals surface area contributed by atoms with Gasteiger partial charge in [-0.25, -0.2) is 4.79 Å². The molecule has 1 N–H and O–H groups in total. The number of aryl methyl sites for hydroxylation is 2. The lowest BCUT2D eigenvalue weighted by atomic mass is 10.0. The number of nitrogens with one attached hydrogen (secondary N) is 1. The van der Waals surface area contributed by atoms with Gasteiger partial charge >= 0.3 is 5.97 Å². The Labute approximate surface area is 152 Å². The lowest BCUT2D eigenvalue weighted by Gasteiger charge is -2.13. The van der Waals surface area contributed by atoms with Crippen molar-refractivity contribution in [3.63, 3.8) is 0 Å². The van der Waals surface area contributed by atoms with Gasteiger partial charge in [0.1, 0.15) is 6.04 Å². The zero-order chi connectivity index (χ0) is 18.5. The van der Waals surface area contributed by atoms with E-state index in [0.717, 1.165) is 19.3 Å². The van der Waals surface area contributed by atoms with Crippen molar-refractivity contribution in [1.82, 2.24) is 5.32 Å². The Kier molecular flexibility index (Phi) is 5.46. The number of carbonyl (C=O) groups is 3. The number of hydrogen-bond donors (Lipinski definition) is 1. The van der Waals surface area contributed by atoms with Crippen LogP contribution in [0, 0.1) is 0 Å². The van der Waals surface area contributed by atoms with Gasteiger partial charge in [-0.1, -0.05) is 30.3 Å². The molecule has 3 rings (SSSR count). The van der Waals surface area contributed by atoms with Gasteiger partial charge in [-0.05, 0) is 55.5 Å². The highest BCUT2D eigenvalue weighted by Crippen LogP contribution is 2.23. The molecular formula is C21H21NO4. The van der Waals surface area contributed by atoms with E-state index in [1.165, 1.54) is 18.1 Å². The molecule has 0 aliphatic heterocycles. The minimum atomic E-state index is -0.837. The zero-order valence-electron chi connectivity index (χ0n) is 14.7. The van der Waals surface area contributed by atoms with Crippen LogP contribution < -0.4 is 5.32 Å². The fourth-order valence-electron chi connectivity index (χ4n) is 3.02. The van der Waals surface area contributed by atoms with Crippen molar-refractivity contribution >= 4 is 17.7 Å². The summed E-state index contributed by atoms with van der Waals surface area (Å²) in [5.74, 6) is -1.24. The second-order valence-electron chi connectivity index (χ2n) is 6.43. The molecule has 0 aromatic heterocycles. The molecule has 0 saturated carbocycles. The first-order chi connectivity index (χ1) is 12.5. The van der Waals surface area contributed by atoms with E-state index in [2.05, 4.69) is 5.32 Å². The summed E-state index contributed by atoms with van der Waals surface area (Å²) in [6.45, 7) is 1.20. The van der Waals surface area contributed by atoms with E-state index in [1.54, 1.807) is 36.4 Å². The first kappa shape index (κ1) is 17.9. The van der Waals surface area contributed by atoms with Crippen LogP contribution in [0.5, 0.6) is 0 Å². The molecule has 134 valence electrons. The van der Waals surface area contributed by atoms with Gasteiger partial charge in [-0.15, -0.1) is 0 Å². The Bertz CT molecular complexity index is 829. The summed E-state index contributed by atoms with van der Waals surface area (Å²) >= 11 is 0. The summed E-state index contributed by atoms with van der Waals surface area (Å²) in [5, 5.41) is 2.57. The third-order valence-electron chi connectivity index (χ3n) is 4.50. The van der Waals surface area contributed by atoms with Crippen molar-refractivity contribution in [3.8, 4) is 0 Å². The standard InChI is InChI=1S/C21H21NO4/c1-14(22-20(24)16-6-3-2-4-7-16)21(25)26-13-19(23)18-11-10-15-8-5-9-17(15)12-18/h2-4,6-7,10-12,14H,5,8-9,13H2,1H3,(H,22,24)/t14-/m0/s1. The van der Waals surface area contributed by atoms with Crippen LogP contribution in [0.15, 0.2) is 48.5 Å². The molecule has 0 radical (unpaired) electrons. The van der Waals surface area contributed by atoms with Gasteiger partial charge in [-0.2, -0.15) is 0 Å². The summed E-state index contributed by atoms with van der Waals surface area (Å²) in [6.07, 6.45) is 3.15. The van der Waals surface area contributed by atoms with E-state index >= 15 is 0 Å². The molecule has 0 spiro atoms. The molecule has 0 unspecified atom stereocenters. The number of benzene rings is 2. The van der Waals surface area contributed by atoms with Gasteiger partial charge in [0, 0.05) is 11.1 Å². The molecule has 1 amide bonds. The molecule has 2 aromatic carbocycles. The average molecular weight is 351 g/mol. The maximum Gasteiger partial charge on any atom is 0.328 e. The molecule has 5 nitrogen and oxygen atoms in total. The van der Waals surface area contributed by atoms with Crippen LogP contribution in [0.4, 0.5) is 0 Å². The minimum Gasteiger partial charge on any atom is -0.456 e. The molecular weight excluding hydrogens is 330 g/mol. The highest BCUT2D eigenvalue weighted by molar-refractivity contribution is 5.99. The van der Waals surface area contributed by atoms with Crippen molar-refractivity contribution in [1.29, 1.82) is 0 Å². The minimum absolute atomic E-state index is 0.241. The summed E-state index contributed by atoms with van der Waals surface area (Å²) in [7, 11) is 0. The quantitative estimate of drug-likeness (QED) is 0.642. The van der Waals surface area contributed by atoms with E-state index < -0.39 is 12.0 Å². The Hall–Kier alpha value is -2.95. The van der Waals surface area contributed by atoms with E-state index in [-0.39, 0.29) is 18.3 Å². The molecule has 0 saturated heterocycles. The zero-order valence-corrected chi connectivity index (χ0v) is 14.7. The third-order valence-corrected chi connectivity index (χ3v) is 4.50. The second-order valence-corrected chi connectivity index (χ2v) is 6.43. The Morgan fingerprint density at radius 2 is 1.73 bits per heavy atom. The van der Waals surface area contributed by atoms with Crippen LogP contribution in [-0.2, 0) is 22.4 Å².